The maximum atomic E-state index is 11.8. The molecule has 0 aliphatic carbocycles. The van der Waals surface area contributed by atoms with Crippen LogP contribution in [0.25, 0.3) is 0 Å². The average molecular weight is 306 g/mol. The zero-order valence-electron chi connectivity index (χ0n) is 13.7. The molecule has 1 aliphatic rings. The number of amides is 1. The first kappa shape index (κ1) is 16.8. The number of morpholine rings is 1. The molecule has 1 atom stereocenters. The number of benzene rings is 1. The van der Waals surface area contributed by atoms with Crippen molar-refractivity contribution in [2.75, 3.05) is 39.9 Å². The van der Waals surface area contributed by atoms with E-state index in [4.69, 9.17) is 9.47 Å². The Morgan fingerprint density at radius 2 is 2.23 bits per heavy atom. The van der Waals surface area contributed by atoms with Crippen LogP contribution in [-0.2, 0) is 9.53 Å². The summed E-state index contributed by atoms with van der Waals surface area (Å²) in [6, 6.07) is 5.96. The third-order valence-corrected chi connectivity index (χ3v) is 3.94. The Morgan fingerprint density at radius 3 is 2.95 bits per heavy atom. The molecule has 22 heavy (non-hydrogen) atoms. The highest BCUT2D eigenvalue weighted by Crippen LogP contribution is 2.16. The lowest BCUT2D eigenvalue weighted by molar-refractivity contribution is -0.122. The molecule has 5 heteroatoms. The molecule has 122 valence electrons. The lowest BCUT2D eigenvalue weighted by Crippen LogP contribution is -2.46. The molecule has 1 N–H and O–H groups in total. The lowest BCUT2D eigenvalue weighted by atomic mass is 10.1. The maximum Gasteiger partial charge on any atom is 0.223 e. The smallest absolute Gasteiger partial charge is 0.223 e. The van der Waals surface area contributed by atoms with Crippen molar-refractivity contribution in [2.24, 2.45) is 0 Å². The van der Waals surface area contributed by atoms with Crippen LogP contribution in [0, 0.1) is 13.8 Å². The summed E-state index contributed by atoms with van der Waals surface area (Å²) in [5.41, 5.74) is 2.43. The van der Waals surface area contributed by atoms with E-state index < -0.39 is 0 Å². The van der Waals surface area contributed by atoms with Gasteiger partial charge in [0.2, 0.25) is 5.91 Å². The number of likely N-dealkylation sites (N-methyl/N-ethyl adjacent to an activating group) is 1. The largest absolute Gasteiger partial charge is 0.493 e. The minimum atomic E-state index is 0.000611. The molecular weight excluding hydrogens is 280 g/mol. The summed E-state index contributed by atoms with van der Waals surface area (Å²) in [7, 11) is 2.06. The number of ether oxygens (including phenoxy) is 2. The molecule has 1 heterocycles. The number of hydrogen-bond acceptors (Lipinski definition) is 4. The number of rotatable bonds is 6. The van der Waals surface area contributed by atoms with Gasteiger partial charge in [0.15, 0.2) is 0 Å². The van der Waals surface area contributed by atoms with Crippen LogP contribution in [0.3, 0.4) is 0 Å². The Balaban J connectivity index is 1.64. The van der Waals surface area contributed by atoms with E-state index in [1.54, 1.807) is 0 Å². The van der Waals surface area contributed by atoms with Gasteiger partial charge in [0, 0.05) is 19.6 Å². The minimum absolute atomic E-state index is 0.000611. The van der Waals surface area contributed by atoms with E-state index in [1.165, 1.54) is 11.1 Å². The normalized spacial score (nSPS) is 19.0. The molecule has 1 saturated heterocycles. The second kappa shape index (κ2) is 8.15. The van der Waals surface area contributed by atoms with Crippen molar-refractivity contribution in [3.05, 3.63) is 29.3 Å². The van der Waals surface area contributed by atoms with Crippen LogP contribution in [0.5, 0.6) is 5.75 Å². The first-order valence-corrected chi connectivity index (χ1v) is 7.81. The minimum Gasteiger partial charge on any atom is -0.493 e. The van der Waals surface area contributed by atoms with Crippen molar-refractivity contribution < 1.29 is 14.3 Å². The standard InChI is InChI=1S/C17H26N2O3/c1-13-4-5-15(10-14(13)2)21-8-6-17(20)18-11-16-12-19(3)7-9-22-16/h4-5,10,16H,6-9,11-12H2,1-3H3,(H,18,20). The predicted molar refractivity (Wildman–Crippen MR) is 86.3 cm³/mol. The van der Waals surface area contributed by atoms with E-state index in [1.807, 2.05) is 18.2 Å². The van der Waals surface area contributed by atoms with Gasteiger partial charge >= 0.3 is 0 Å². The van der Waals surface area contributed by atoms with Crippen LogP contribution in [0.2, 0.25) is 0 Å². The Hall–Kier alpha value is -1.59. The molecule has 0 spiro atoms. The van der Waals surface area contributed by atoms with Gasteiger partial charge in [-0.3, -0.25) is 4.79 Å². The van der Waals surface area contributed by atoms with E-state index in [0.717, 1.165) is 25.4 Å². The van der Waals surface area contributed by atoms with Crippen molar-refractivity contribution in [3.8, 4) is 5.75 Å². The van der Waals surface area contributed by atoms with Gasteiger partial charge in [-0.15, -0.1) is 0 Å². The highest BCUT2D eigenvalue weighted by Gasteiger charge is 2.18. The molecule has 1 unspecified atom stereocenters. The highest BCUT2D eigenvalue weighted by atomic mass is 16.5. The summed E-state index contributed by atoms with van der Waals surface area (Å²) in [5, 5.41) is 2.91. The molecular formula is C17H26N2O3. The van der Waals surface area contributed by atoms with Crippen LogP contribution in [-0.4, -0.2) is 56.8 Å². The van der Waals surface area contributed by atoms with Gasteiger partial charge in [0.1, 0.15) is 5.75 Å². The van der Waals surface area contributed by atoms with Crippen LogP contribution in [0.4, 0.5) is 0 Å². The number of aryl methyl sites for hydroxylation is 2. The molecule has 0 aromatic heterocycles. The van der Waals surface area contributed by atoms with Gasteiger partial charge in [-0.2, -0.15) is 0 Å². The fourth-order valence-electron chi connectivity index (χ4n) is 2.37. The first-order valence-electron chi connectivity index (χ1n) is 7.81. The second-order valence-electron chi connectivity index (χ2n) is 5.90. The fraction of sp³-hybridized carbons (Fsp3) is 0.588. The van der Waals surface area contributed by atoms with Crippen molar-refractivity contribution in [1.29, 1.82) is 0 Å². The van der Waals surface area contributed by atoms with Crippen molar-refractivity contribution >= 4 is 5.91 Å². The van der Waals surface area contributed by atoms with Gasteiger partial charge in [-0.1, -0.05) is 6.07 Å². The Kier molecular flexibility index (Phi) is 6.21. The number of nitrogens with zero attached hydrogens (tertiary/aromatic N) is 1. The fourth-order valence-corrected chi connectivity index (χ4v) is 2.37. The monoisotopic (exact) mass is 306 g/mol. The number of carbonyl (C=O) groups is 1. The molecule has 1 fully saturated rings. The lowest BCUT2D eigenvalue weighted by Gasteiger charge is -2.30. The zero-order valence-corrected chi connectivity index (χ0v) is 13.7. The molecule has 0 bridgehead atoms. The van der Waals surface area contributed by atoms with Gasteiger partial charge in [-0.05, 0) is 44.2 Å². The number of hydrogen-bond donors (Lipinski definition) is 1. The van der Waals surface area contributed by atoms with Gasteiger partial charge < -0.3 is 19.7 Å². The van der Waals surface area contributed by atoms with Crippen molar-refractivity contribution in [2.45, 2.75) is 26.4 Å². The Labute approximate surface area is 132 Å². The molecule has 1 aromatic rings. The topological polar surface area (TPSA) is 50.8 Å². The van der Waals surface area contributed by atoms with Crippen LogP contribution >= 0.6 is 0 Å². The second-order valence-corrected chi connectivity index (χ2v) is 5.90. The van der Waals surface area contributed by atoms with Gasteiger partial charge in [0.25, 0.3) is 0 Å². The number of carbonyl (C=O) groups excluding carboxylic acids is 1. The van der Waals surface area contributed by atoms with E-state index in [9.17, 15) is 4.79 Å². The van der Waals surface area contributed by atoms with Crippen molar-refractivity contribution in [1.82, 2.24) is 10.2 Å². The SMILES string of the molecule is Cc1ccc(OCCC(=O)NCC2CN(C)CCO2)cc1C. The third-order valence-electron chi connectivity index (χ3n) is 3.94. The summed E-state index contributed by atoms with van der Waals surface area (Å²) < 4.78 is 11.2. The highest BCUT2D eigenvalue weighted by molar-refractivity contribution is 5.76. The molecule has 0 radical (unpaired) electrons. The van der Waals surface area contributed by atoms with E-state index in [2.05, 4.69) is 31.1 Å². The molecule has 1 aliphatic heterocycles. The molecule has 5 nitrogen and oxygen atoms in total. The van der Waals surface area contributed by atoms with Crippen LogP contribution in [0.1, 0.15) is 17.5 Å². The van der Waals surface area contributed by atoms with Crippen LogP contribution < -0.4 is 10.1 Å². The number of nitrogens with one attached hydrogen (secondary N) is 1. The quantitative estimate of drug-likeness (QED) is 0.866. The molecule has 1 aromatic carbocycles. The summed E-state index contributed by atoms with van der Waals surface area (Å²) in [6.07, 6.45) is 0.443. The summed E-state index contributed by atoms with van der Waals surface area (Å²) in [4.78, 5) is 14.0. The predicted octanol–water partition coefficient (Wildman–Crippen LogP) is 1.52. The average Bonchev–Trinajstić information content (AvgIpc) is 2.49. The van der Waals surface area contributed by atoms with E-state index >= 15 is 0 Å². The van der Waals surface area contributed by atoms with E-state index in [0.29, 0.717) is 19.6 Å². The van der Waals surface area contributed by atoms with E-state index in [-0.39, 0.29) is 12.0 Å². The van der Waals surface area contributed by atoms with Gasteiger partial charge in [0.05, 0.1) is 25.7 Å². The summed E-state index contributed by atoms with van der Waals surface area (Å²) in [6.45, 7) is 7.61. The first-order chi connectivity index (χ1) is 10.5. The molecule has 1 amide bonds. The third kappa shape index (κ3) is 5.31. The van der Waals surface area contributed by atoms with Crippen molar-refractivity contribution in [3.63, 3.8) is 0 Å². The Morgan fingerprint density at radius 1 is 1.41 bits per heavy atom. The zero-order chi connectivity index (χ0) is 15.9. The Bertz CT molecular complexity index is 505. The molecule has 0 saturated carbocycles. The molecule has 2 rings (SSSR count). The summed E-state index contributed by atoms with van der Waals surface area (Å²) in [5.74, 6) is 0.814. The van der Waals surface area contributed by atoms with Crippen LogP contribution in [0.15, 0.2) is 18.2 Å². The maximum absolute atomic E-state index is 11.8. The van der Waals surface area contributed by atoms with Gasteiger partial charge in [-0.25, -0.2) is 0 Å². The summed E-state index contributed by atoms with van der Waals surface area (Å²) >= 11 is 0.